The molecule has 0 aliphatic carbocycles. The highest BCUT2D eigenvalue weighted by molar-refractivity contribution is 6.40. The van der Waals surface area contributed by atoms with Crippen molar-refractivity contribution in [2.24, 2.45) is 5.11 Å². The molecule has 1 aromatic rings. The van der Waals surface area contributed by atoms with Crippen molar-refractivity contribution >= 4 is 11.8 Å². The van der Waals surface area contributed by atoms with E-state index in [0.717, 1.165) is 0 Å². The van der Waals surface area contributed by atoms with E-state index in [0.29, 0.717) is 5.56 Å². The number of rotatable bonds is 7. The van der Waals surface area contributed by atoms with Crippen LogP contribution in [0.5, 0.6) is 0 Å². The second-order valence-electron chi connectivity index (χ2n) is 4.10. The van der Waals surface area contributed by atoms with Gasteiger partial charge >= 0.3 is 5.97 Å². The first-order valence-electron chi connectivity index (χ1n) is 6.19. The standard InChI is InChI=1S/C13H15N3O5/c1-2-21-13(20)12(19)9-5-3-8(4-6-9)11(18)10(17)7-15-16-14/h3-6,10-11,17-18H,2,7H2,1H3. The Bertz CT molecular complexity index is 551. The van der Waals surface area contributed by atoms with Gasteiger partial charge in [0.2, 0.25) is 0 Å². The summed E-state index contributed by atoms with van der Waals surface area (Å²) in [5, 5.41) is 22.6. The molecule has 0 saturated heterocycles. The molecule has 8 nitrogen and oxygen atoms in total. The molecule has 2 N–H and O–H groups in total. The molecular formula is C13H15N3O5. The summed E-state index contributed by atoms with van der Waals surface area (Å²) in [6.45, 7) is 1.42. The number of azide groups is 1. The number of hydrogen-bond donors (Lipinski definition) is 2. The van der Waals surface area contributed by atoms with Crippen molar-refractivity contribution in [3.05, 3.63) is 45.8 Å². The zero-order valence-electron chi connectivity index (χ0n) is 11.3. The monoisotopic (exact) mass is 293 g/mol. The second kappa shape index (κ2) is 8.01. The summed E-state index contributed by atoms with van der Waals surface area (Å²) in [6, 6.07) is 5.49. The lowest BCUT2D eigenvalue weighted by Crippen LogP contribution is -2.21. The fourth-order valence-corrected chi connectivity index (χ4v) is 1.59. The highest BCUT2D eigenvalue weighted by Gasteiger charge is 2.20. The van der Waals surface area contributed by atoms with E-state index in [2.05, 4.69) is 14.8 Å². The number of carbonyl (C=O) groups is 2. The van der Waals surface area contributed by atoms with Crippen molar-refractivity contribution in [3.63, 3.8) is 0 Å². The Balaban J connectivity index is 2.80. The predicted octanol–water partition coefficient (Wildman–Crippen LogP) is 1.14. The van der Waals surface area contributed by atoms with Crippen LogP contribution in [0, 0.1) is 0 Å². The van der Waals surface area contributed by atoms with Crippen LogP contribution in [0.25, 0.3) is 10.4 Å². The Hall–Kier alpha value is -2.41. The van der Waals surface area contributed by atoms with Gasteiger partial charge in [0.25, 0.3) is 5.78 Å². The van der Waals surface area contributed by atoms with Gasteiger partial charge in [-0.2, -0.15) is 0 Å². The molecule has 8 heteroatoms. The summed E-state index contributed by atoms with van der Waals surface area (Å²) in [6.07, 6.45) is -2.52. The molecule has 0 radical (unpaired) electrons. The zero-order chi connectivity index (χ0) is 15.8. The summed E-state index contributed by atoms with van der Waals surface area (Å²) in [5.41, 5.74) is 8.59. The Morgan fingerprint density at radius 2 is 1.95 bits per heavy atom. The summed E-state index contributed by atoms with van der Waals surface area (Å²) in [5.74, 6) is -1.73. The third-order valence-electron chi connectivity index (χ3n) is 2.67. The number of hydrogen-bond acceptors (Lipinski definition) is 6. The number of benzene rings is 1. The fourth-order valence-electron chi connectivity index (χ4n) is 1.59. The highest BCUT2D eigenvalue weighted by Crippen LogP contribution is 2.18. The molecule has 21 heavy (non-hydrogen) atoms. The SMILES string of the molecule is CCOC(=O)C(=O)c1ccc(C(O)C(O)CN=[N+]=[N-])cc1. The van der Waals surface area contributed by atoms with Crippen LogP contribution in [0.3, 0.4) is 0 Å². The van der Waals surface area contributed by atoms with Gasteiger partial charge in [-0.3, -0.25) is 4.79 Å². The third kappa shape index (κ3) is 4.57. The van der Waals surface area contributed by atoms with Crippen LogP contribution >= 0.6 is 0 Å². The molecular weight excluding hydrogens is 278 g/mol. The maximum atomic E-state index is 11.6. The van der Waals surface area contributed by atoms with Gasteiger partial charge in [-0.1, -0.05) is 29.4 Å². The quantitative estimate of drug-likeness (QED) is 0.194. The lowest BCUT2D eigenvalue weighted by Gasteiger charge is -2.16. The number of carbonyl (C=O) groups excluding carboxylic acids is 2. The minimum Gasteiger partial charge on any atom is -0.460 e. The van der Waals surface area contributed by atoms with Crippen LogP contribution in [0.4, 0.5) is 0 Å². The smallest absolute Gasteiger partial charge is 0.379 e. The largest absolute Gasteiger partial charge is 0.460 e. The van der Waals surface area contributed by atoms with E-state index in [4.69, 9.17) is 5.53 Å². The average molecular weight is 293 g/mol. The predicted molar refractivity (Wildman–Crippen MR) is 72.4 cm³/mol. The molecule has 0 heterocycles. The van der Waals surface area contributed by atoms with Gasteiger partial charge in [0, 0.05) is 10.5 Å². The number of Topliss-reactive ketones (excluding diaryl/α,β-unsaturated/α-hetero) is 1. The Morgan fingerprint density at radius 3 is 2.48 bits per heavy atom. The van der Waals surface area contributed by atoms with Crippen LogP contribution in [-0.2, 0) is 9.53 Å². The van der Waals surface area contributed by atoms with E-state index in [1.165, 1.54) is 24.3 Å². The number of esters is 1. The zero-order valence-corrected chi connectivity index (χ0v) is 11.3. The number of nitrogens with zero attached hydrogens (tertiary/aromatic N) is 3. The molecule has 0 amide bonds. The van der Waals surface area contributed by atoms with Gasteiger partial charge in [0.1, 0.15) is 6.10 Å². The van der Waals surface area contributed by atoms with E-state index in [9.17, 15) is 19.8 Å². The first kappa shape index (κ1) is 16.6. The average Bonchev–Trinajstić information content (AvgIpc) is 2.51. The van der Waals surface area contributed by atoms with E-state index >= 15 is 0 Å². The normalized spacial score (nSPS) is 12.9. The van der Waals surface area contributed by atoms with Gasteiger partial charge in [0.05, 0.1) is 19.3 Å². The fraction of sp³-hybridized carbons (Fsp3) is 0.385. The van der Waals surface area contributed by atoms with E-state index < -0.39 is 24.0 Å². The third-order valence-corrected chi connectivity index (χ3v) is 2.67. The molecule has 0 spiro atoms. The number of aliphatic hydroxyl groups excluding tert-OH is 2. The summed E-state index contributed by atoms with van der Waals surface area (Å²) in [4.78, 5) is 25.4. The van der Waals surface area contributed by atoms with Crippen molar-refractivity contribution < 1.29 is 24.5 Å². The molecule has 2 atom stereocenters. The first-order chi connectivity index (χ1) is 10.0. The first-order valence-corrected chi connectivity index (χ1v) is 6.19. The van der Waals surface area contributed by atoms with Crippen LogP contribution in [0.2, 0.25) is 0 Å². The van der Waals surface area contributed by atoms with Crippen LogP contribution in [-0.4, -0.2) is 41.2 Å². The van der Waals surface area contributed by atoms with Crippen molar-refractivity contribution in [3.8, 4) is 0 Å². The lowest BCUT2D eigenvalue weighted by atomic mass is 10.0. The lowest BCUT2D eigenvalue weighted by molar-refractivity contribution is -0.137. The summed E-state index contributed by atoms with van der Waals surface area (Å²) < 4.78 is 4.59. The van der Waals surface area contributed by atoms with Gasteiger partial charge < -0.3 is 14.9 Å². The van der Waals surface area contributed by atoms with Crippen LogP contribution in [0.15, 0.2) is 29.4 Å². The van der Waals surface area contributed by atoms with Gasteiger partial charge in [-0.25, -0.2) is 4.79 Å². The van der Waals surface area contributed by atoms with Gasteiger partial charge in [0.15, 0.2) is 0 Å². The van der Waals surface area contributed by atoms with Crippen molar-refractivity contribution in [1.82, 2.24) is 0 Å². The number of ether oxygens (including phenoxy) is 1. The molecule has 2 unspecified atom stereocenters. The Kier molecular flexibility index (Phi) is 6.35. The number of ketones is 1. The molecule has 0 aliphatic heterocycles. The molecule has 112 valence electrons. The number of aliphatic hydroxyl groups is 2. The van der Waals surface area contributed by atoms with Crippen LogP contribution in [0.1, 0.15) is 28.9 Å². The van der Waals surface area contributed by atoms with E-state index in [1.54, 1.807) is 6.92 Å². The summed E-state index contributed by atoms with van der Waals surface area (Å²) in [7, 11) is 0. The minimum absolute atomic E-state index is 0.104. The minimum atomic E-state index is -1.26. The van der Waals surface area contributed by atoms with Crippen molar-refractivity contribution in [2.45, 2.75) is 19.1 Å². The Morgan fingerprint density at radius 1 is 1.33 bits per heavy atom. The highest BCUT2D eigenvalue weighted by atomic mass is 16.5. The molecule has 0 fully saturated rings. The molecule has 0 aromatic heterocycles. The molecule has 0 aliphatic rings. The van der Waals surface area contributed by atoms with Gasteiger partial charge in [-0.05, 0) is 18.0 Å². The van der Waals surface area contributed by atoms with Crippen molar-refractivity contribution in [1.29, 1.82) is 0 Å². The summed E-state index contributed by atoms with van der Waals surface area (Å²) >= 11 is 0. The van der Waals surface area contributed by atoms with Crippen molar-refractivity contribution in [2.75, 3.05) is 13.2 Å². The Labute approximate surface area is 120 Å². The molecule has 1 aromatic carbocycles. The van der Waals surface area contributed by atoms with Gasteiger partial charge in [-0.15, -0.1) is 0 Å². The van der Waals surface area contributed by atoms with E-state index in [1.807, 2.05) is 0 Å². The van der Waals surface area contributed by atoms with Crippen LogP contribution < -0.4 is 0 Å². The maximum absolute atomic E-state index is 11.6. The topological polar surface area (TPSA) is 133 Å². The molecule has 1 rings (SSSR count). The van der Waals surface area contributed by atoms with E-state index in [-0.39, 0.29) is 18.7 Å². The maximum Gasteiger partial charge on any atom is 0.379 e. The molecule has 0 saturated carbocycles. The molecule has 0 bridgehead atoms. The second-order valence-corrected chi connectivity index (χ2v) is 4.10.